The van der Waals surface area contributed by atoms with E-state index in [-0.39, 0.29) is 25.4 Å². The Kier molecular flexibility index (Phi) is 4.74. The quantitative estimate of drug-likeness (QED) is 0.774. The average molecular weight is 272 g/mol. The highest BCUT2D eigenvalue weighted by atomic mass is 16.6. The highest BCUT2D eigenvalue weighted by molar-refractivity contribution is 5.86. The molecule has 2 amide bonds. The Labute approximate surface area is 111 Å². The number of ether oxygens (including phenoxy) is 1. The first-order chi connectivity index (χ1) is 8.69. The van der Waals surface area contributed by atoms with Crippen LogP contribution in [-0.4, -0.2) is 53.2 Å². The van der Waals surface area contributed by atoms with Crippen LogP contribution in [0.5, 0.6) is 0 Å². The largest absolute Gasteiger partial charge is 0.481 e. The van der Waals surface area contributed by atoms with Crippen molar-refractivity contribution >= 4 is 18.0 Å². The number of likely N-dealkylation sites (tertiary alicyclic amines) is 1. The van der Waals surface area contributed by atoms with Crippen LogP contribution >= 0.6 is 0 Å². The average Bonchev–Trinajstić information content (AvgIpc) is 2.58. The van der Waals surface area contributed by atoms with Crippen molar-refractivity contribution in [1.29, 1.82) is 0 Å². The smallest absolute Gasteiger partial charge is 0.407 e. The Morgan fingerprint density at radius 2 is 2.11 bits per heavy atom. The van der Waals surface area contributed by atoms with Gasteiger partial charge in [0.15, 0.2) is 0 Å². The molecule has 0 aromatic heterocycles. The van der Waals surface area contributed by atoms with Crippen molar-refractivity contribution in [1.82, 2.24) is 10.2 Å². The molecule has 0 radical (unpaired) electrons. The second-order valence-electron chi connectivity index (χ2n) is 5.51. The maximum absolute atomic E-state index is 11.5. The van der Waals surface area contributed by atoms with Crippen LogP contribution in [0.15, 0.2) is 0 Å². The number of hydrogen-bond donors (Lipinski definition) is 2. The monoisotopic (exact) mass is 272 g/mol. The molecule has 0 aliphatic carbocycles. The number of carbonyl (C=O) groups is 3. The first-order valence-electron chi connectivity index (χ1n) is 6.16. The van der Waals surface area contributed by atoms with E-state index in [9.17, 15) is 14.4 Å². The van der Waals surface area contributed by atoms with Gasteiger partial charge in [0.05, 0.1) is 5.92 Å². The van der Waals surface area contributed by atoms with Crippen LogP contribution in [0, 0.1) is 5.92 Å². The van der Waals surface area contributed by atoms with E-state index in [0.717, 1.165) is 0 Å². The third kappa shape index (κ3) is 5.15. The van der Waals surface area contributed by atoms with Crippen LogP contribution < -0.4 is 5.32 Å². The standard InChI is InChI=1S/C12H20N2O5/c1-12(2,3)19-11(18)13-4-5-14-7-8(10(16)17)6-9(14)15/h8H,4-7H2,1-3H3,(H,13,18)(H,16,17). The predicted octanol–water partition coefficient (Wildman–Crippen LogP) is 0.444. The van der Waals surface area contributed by atoms with Crippen molar-refractivity contribution in [2.24, 2.45) is 5.92 Å². The Morgan fingerprint density at radius 3 is 2.58 bits per heavy atom. The summed E-state index contributed by atoms with van der Waals surface area (Å²) in [6.07, 6.45) is -0.518. The Balaban J connectivity index is 2.29. The Bertz CT molecular complexity index is 375. The van der Waals surface area contributed by atoms with Gasteiger partial charge in [-0.25, -0.2) is 4.79 Å². The van der Waals surface area contributed by atoms with Gasteiger partial charge in [0.1, 0.15) is 5.60 Å². The fourth-order valence-corrected chi connectivity index (χ4v) is 1.76. The molecule has 1 rings (SSSR count). The second-order valence-corrected chi connectivity index (χ2v) is 5.51. The lowest BCUT2D eigenvalue weighted by atomic mass is 10.1. The molecule has 7 heteroatoms. The molecule has 0 saturated carbocycles. The first kappa shape index (κ1) is 15.3. The van der Waals surface area contributed by atoms with E-state index in [4.69, 9.17) is 9.84 Å². The molecular weight excluding hydrogens is 252 g/mol. The van der Waals surface area contributed by atoms with E-state index in [2.05, 4.69) is 5.32 Å². The van der Waals surface area contributed by atoms with Gasteiger partial charge in [0.25, 0.3) is 0 Å². The normalized spacial score (nSPS) is 19.4. The maximum Gasteiger partial charge on any atom is 0.407 e. The highest BCUT2D eigenvalue weighted by Gasteiger charge is 2.33. The molecular formula is C12H20N2O5. The van der Waals surface area contributed by atoms with E-state index in [1.165, 1.54) is 4.90 Å². The minimum atomic E-state index is -0.962. The van der Waals surface area contributed by atoms with Crippen molar-refractivity contribution in [2.75, 3.05) is 19.6 Å². The molecule has 1 heterocycles. The molecule has 2 N–H and O–H groups in total. The summed E-state index contributed by atoms with van der Waals surface area (Å²) in [5.74, 6) is -1.80. The lowest BCUT2D eigenvalue weighted by Gasteiger charge is -2.21. The van der Waals surface area contributed by atoms with E-state index in [1.54, 1.807) is 20.8 Å². The highest BCUT2D eigenvalue weighted by Crippen LogP contribution is 2.17. The first-order valence-corrected chi connectivity index (χ1v) is 6.16. The molecule has 1 saturated heterocycles. The summed E-state index contributed by atoms with van der Waals surface area (Å²) in [7, 11) is 0. The Hall–Kier alpha value is -1.79. The van der Waals surface area contributed by atoms with Crippen molar-refractivity contribution in [3.8, 4) is 0 Å². The third-order valence-corrected chi connectivity index (χ3v) is 2.61. The summed E-state index contributed by atoms with van der Waals surface area (Å²) in [6, 6.07) is 0. The minimum absolute atomic E-state index is 0.0295. The molecule has 108 valence electrons. The van der Waals surface area contributed by atoms with Crippen LogP contribution in [0.4, 0.5) is 4.79 Å². The van der Waals surface area contributed by atoms with Gasteiger partial charge < -0.3 is 20.1 Å². The summed E-state index contributed by atoms with van der Waals surface area (Å²) < 4.78 is 5.04. The third-order valence-electron chi connectivity index (χ3n) is 2.61. The number of nitrogens with one attached hydrogen (secondary N) is 1. The maximum atomic E-state index is 11.5. The van der Waals surface area contributed by atoms with E-state index < -0.39 is 23.6 Å². The summed E-state index contributed by atoms with van der Waals surface area (Å²) >= 11 is 0. The van der Waals surface area contributed by atoms with Crippen LogP contribution in [0.3, 0.4) is 0 Å². The van der Waals surface area contributed by atoms with Gasteiger partial charge in [0.2, 0.25) is 5.91 Å². The van der Waals surface area contributed by atoms with Crippen LogP contribution in [0.25, 0.3) is 0 Å². The SMILES string of the molecule is CC(C)(C)OC(=O)NCCN1CC(C(=O)O)CC1=O. The summed E-state index contributed by atoms with van der Waals surface area (Å²) in [5.41, 5.74) is -0.568. The summed E-state index contributed by atoms with van der Waals surface area (Å²) in [4.78, 5) is 35.1. The van der Waals surface area contributed by atoms with Gasteiger partial charge in [-0.15, -0.1) is 0 Å². The van der Waals surface area contributed by atoms with Crippen LogP contribution in [-0.2, 0) is 14.3 Å². The molecule has 0 aromatic rings. The van der Waals surface area contributed by atoms with Crippen LogP contribution in [0.1, 0.15) is 27.2 Å². The number of hydrogen-bond acceptors (Lipinski definition) is 4. The van der Waals surface area contributed by atoms with E-state index >= 15 is 0 Å². The number of alkyl carbamates (subject to hydrolysis) is 1. The molecule has 1 aliphatic heterocycles. The number of carboxylic acids is 1. The molecule has 1 aliphatic rings. The number of amides is 2. The summed E-state index contributed by atoms with van der Waals surface area (Å²) in [5, 5.41) is 11.3. The molecule has 7 nitrogen and oxygen atoms in total. The molecule has 1 fully saturated rings. The molecule has 1 unspecified atom stereocenters. The molecule has 0 bridgehead atoms. The predicted molar refractivity (Wildman–Crippen MR) is 66.6 cm³/mol. The zero-order valence-corrected chi connectivity index (χ0v) is 11.4. The molecule has 0 aromatic carbocycles. The lowest BCUT2D eigenvalue weighted by Crippen LogP contribution is -2.38. The van der Waals surface area contributed by atoms with Crippen molar-refractivity contribution in [3.63, 3.8) is 0 Å². The van der Waals surface area contributed by atoms with Gasteiger partial charge in [0, 0.05) is 26.1 Å². The van der Waals surface area contributed by atoms with Gasteiger partial charge in [-0.3, -0.25) is 9.59 Å². The topological polar surface area (TPSA) is 95.9 Å². The lowest BCUT2D eigenvalue weighted by molar-refractivity contribution is -0.141. The van der Waals surface area contributed by atoms with Crippen molar-refractivity contribution in [2.45, 2.75) is 32.8 Å². The number of carboxylic acid groups (broad SMARTS) is 1. The van der Waals surface area contributed by atoms with E-state index in [0.29, 0.717) is 6.54 Å². The number of carbonyl (C=O) groups excluding carboxylic acids is 2. The fourth-order valence-electron chi connectivity index (χ4n) is 1.76. The molecule has 19 heavy (non-hydrogen) atoms. The van der Waals surface area contributed by atoms with Gasteiger partial charge >= 0.3 is 12.1 Å². The molecule has 1 atom stereocenters. The van der Waals surface area contributed by atoms with Gasteiger partial charge in [-0.05, 0) is 20.8 Å². The molecule has 0 spiro atoms. The Morgan fingerprint density at radius 1 is 1.47 bits per heavy atom. The van der Waals surface area contributed by atoms with Crippen molar-refractivity contribution in [3.05, 3.63) is 0 Å². The summed E-state index contributed by atoms with van der Waals surface area (Å²) in [6.45, 7) is 6.01. The zero-order valence-electron chi connectivity index (χ0n) is 11.4. The van der Waals surface area contributed by atoms with Crippen LogP contribution in [0.2, 0.25) is 0 Å². The fraction of sp³-hybridized carbons (Fsp3) is 0.750. The minimum Gasteiger partial charge on any atom is -0.481 e. The second kappa shape index (κ2) is 5.90. The number of aliphatic carboxylic acids is 1. The van der Waals surface area contributed by atoms with Crippen molar-refractivity contribution < 1.29 is 24.2 Å². The number of rotatable bonds is 4. The van der Waals surface area contributed by atoms with E-state index in [1.807, 2.05) is 0 Å². The van der Waals surface area contributed by atoms with Gasteiger partial charge in [-0.1, -0.05) is 0 Å². The number of nitrogens with zero attached hydrogens (tertiary/aromatic N) is 1. The van der Waals surface area contributed by atoms with Gasteiger partial charge in [-0.2, -0.15) is 0 Å². The zero-order chi connectivity index (χ0) is 14.6.